The molecule has 1 aliphatic heterocycles. The van der Waals surface area contributed by atoms with Gasteiger partial charge in [-0.25, -0.2) is 0 Å². The minimum absolute atomic E-state index is 0.550. The molecule has 0 radical (unpaired) electrons. The van der Waals surface area contributed by atoms with E-state index < -0.39 is 0 Å². The van der Waals surface area contributed by atoms with Crippen LogP contribution in [0.5, 0.6) is 0 Å². The van der Waals surface area contributed by atoms with Gasteiger partial charge < -0.3 is 5.32 Å². The Kier molecular flexibility index (Phi) is 4.38. The molecule has 1 fully saturated rings. The molecular weight excluding hydrogens is 296 g/mol. The van der Waals surface area contributed by atoms with Crippen LogP contribution in [0.1, 0.15) is 18.4 Å². The molecule has 122 valence electrons. The first kappa shape index (κ1) is 15.1. The summed E-state index contributed by atoms with van der Waals surface area (Å²) in [7, 11) is 0. The molecule has 1 aliphatic rings. The van der Waals surface area contributed by atoms with Crippen LogP contribution in [-0.2, 0) is 6.54 Å². The molecule has 0 spiro atoms. The van der Waals surface area contributed by atoms with Gasteiger partial charge in [-0.2, -0.15) is 0 Å². The summed E-state index contributed by atoms with van der Waals surface area (Å²) in [6.45, 7) is 3.26. The Balaban J connectivity index is 1.34. The fraction of sp³-hybridized carbons (Fsp3) is 0.300. The van der Waals surface area contributed by atoms with Crippen molar-refractivity contribution in [3.05, 3.63) is 66.7 Å². The fourth-order valence-electron chi connectivity index (χ4n) is 3.39. The van der Waals surface area contributed by atoms with Gasteiger partial charge in [0, 0.05) is 61.5 Å². The number of nitrogens with one attached hydrogen (secondary N) is 1. The van der Waals surface area contributed by atoms with Crippen molar-refractivity contribution in [3.63, 3.8) is 0 Å². The predicted octanol–water partition coefficient (Wildman–Crippen LogP) is 3.71. The van der Waals surface area contributed by atoms with Crippen molar-refractivity contribution in [2.24, 2.45) is 0 Å². The van der Waals surface area contributed by atoms with Crippen LogP contribution in [0.2, 0.25) is 0 Å². The van der Waals surface area contributed by atoms with Crippen molar-refractivity contribution in [1.29, 1.82) is 0 Å². The van der Waals surface area contributed by atoms with Gasteiger partial charge >= 0.3 is 0 Å². The summed E-state index contributed by atoms with van der Waals surface area (Å²) in [6, 6.07) is 13.3. The lowest BCUT2D eigenvalue weighted by Gasteiger charge is -2.32. The van der Waals surface area contributed by atoms with E-state index in [4.69, 9.17) is 0 Å². The van der Waals surface area contributed by atoms with E-state index in [-0.39, 0.29) is 0 Å². The Hall–Kier alpha value is -2.46. The van der Waals surface area contributed by atoms with Gasteiger partial charge in [0.05, 0.1) is 0 Å². The van der Waals surface area contributed by atoms with E-state index in [9.17, 15) is 0 Å². The van der Waals surface area contributed by atoms with E-state index in [1.165, 1.54) is 34.9 Å². The van der Waals surface area contributed by atoms with Gasteiger partial charge in [-0.05, 0) is 48.1 Å². The number of hydrogen-bond acceptors (Lipinski definition) is 4. The van der Waals surface area contributed by atoms with Gasteiger partial charge in [0.25, 0.3) is 0 Å². The molecule has 4 rings (SSSR count). The lowest BCUT2D eigenvalue weighted by Crippen LogP contribution is -2.38. The first-order valence-electron chi connectivity index (χ1n) is 8.58. The molecule has 0 aliphatic carbocycles. The van der Waals surface area contributed by atoms with Gasteiger partial charge in [-0.1, -0.05) is 12.1 Å². The van der Waals surface area contributed by atoms with Crippen LogP contribution in [0.15, 0.2) is 61.2 Å². The number of benzene rings is 1. The van der Waals surface area contributed by atoms with Crippen molar-refractivity contribution in [2.75, 3.05) is 18.4 Å². The summed E-state index contributed by atoms with van der Waals surface area (Å²) in [6.07, 6.45) is 9.91. The lowest BCUT2D eigenvalue weighted by atomic mass is 10.0. The highest BCUT2D eigenvalue weighted by Gasteiger charge is 2.19. The quantitative estimate of drug-likeness (QED) is 0.796. The van der Waals surface area contributed by atoms with Crippen LogP contribution in [-0.4, -0.2) is 34.0 Å². The summed E-state index contributed by atoms with van der Waals surface area (Å²) in [4.78, 5) is 10.9. The molecule has 3 heterocycles. The molecule has 1 aromatic carbocycles. The first-order chi connectivity index (χ1) is 11.9. The molecule has 4 nitrogen and oxygen atoms in total. The number of piperidine rings is 1. The molecule has 3 aromatic rings. The number of fused-ring (bicyclic) bond motifs is 1. The van der Waals surface area contributed by atoms with Gasteiger partial charge in [0.2, 0.25) is 0 Å². The number of nitrogens with zero attached hydrogens (tertiary/aromatic N) is 3. The first-order valence-corrected chi connectivity index (χ1v) is 8.58. The van der Waals surface area contributed by atoms with Crippen LogP contribution in [0.25, 0.3) is 10.8 Å². The van der Waals surface area contributed by atoms with Crippen LogP contribution in [0.4, 0.5) is 5.69 Å². The van der Waals surface area contributed by atoms with Crippen LogP contribution >= 0.6 is 0 Å². The van der Waals surface area contributed by atoms with Crippen molar-refractivity contribution >= 4 is 16.5 Å². The molecule has 0 bridgehead atoms. The largest absolute Gasteiger partial charge is 0.382 e. The van der Waals surface area contributed by atoms with Gasteiger partial charge in [-0.15, -0.1) is 0 Å². The van der Waals surface area contributed by atoms with E-state index in [0.717, 1.165) is 19.6 Å². The maximum atomic E-state index is 4.20. The Morgan fingerprint density at radius 1 is 0.958 bits per heavy atom. The van der Waals surface area contributed by atoms with E-state index in [0.29, 0.717) is 6.04 Å². The molecule has 0 amide bonds. The van der Waals surface area contributed by atoms with E-state index in [1.807, 2.05) is 30.9 Å². The second-order valence-electron chi connectivity index (χ2n) is 6.49. The summed E-state index contributed by atoms with van der Waals surface area (Å²) >= 11 is 0. The minimum atomic E-state index is 0.550. The highest BCUT2D eigenvalue weighted by molar-refractivity contribution is 5.84. The topological polar surface area (TPSA) is 41.1 Å². The molecule has 24 heavy (non-hydrogen) atoms. The van der Waals surface area contributed by atoms with Crippen molar-refractivity contribution in [1.82, 2.24) is 14.9 Å². The molecule has 4 heteroatoms. The number of hydrogen-bond donors (Lipinski definition) is 1. The Labute approximate surface area is 142 Å². The molecule has 1 N–H and O–H groups in total. The van der Waals surface area contributed by atoms with Gasteiger partial charge in [0.1, 0.15) is 0 Å². The summed E-state index contributed by atoms with van der Waals surface area (Å²) in [5.41, 5.74) is 2.51. The third-order valence-electron chi connectivity index (χ3n) is 4.73. The standard InChI is InChI=1S/C20H22N4/c1-2-16(13-21-8-1)15-24-10-6-19(7-11-24)23-20-4-3-18-14-22-9-5-17(18)12-20/h1-5,8-9,12-14,19,23H,6-7,10-11,15H2. The normalized spacial score (nSPS) is 16.3. The van der Waals surface area contributed by atoms with Crippen LogP contribution in [0, 0.1) is 0 Å². The molecule has 0 saturated carbocycles. The summed E-state index contributed by atoms with van der Waals surface area (Å²) < 4.78 is 0. The number of likely N-dealkylation sites (tertiary alicyclic amines) is 1. The SMILES string of the molecule is c1cncc(CN2CCC(Nc3ccc4cnccc4c3)CC2)c1. The monoisotopic (exact) mass is 318 g/mol. The summed E-state index contributed by atoms with van der Waals surface area (Å²) in [5, 5.41) is 6.13. The molecule has 0 atom stereocenters. The zero-order valence-electron chi connectivity index (χ0n) is 13.7. The lowest BCUT2D eigenvalue weighted by molar-refractivity contribution is 0.211. The molecule has 0 unspecified atom stereocenters. The number of anilines is 1. The van der Waals surface area contributed by atoms with E-state index >= 15 is 0 Å². The zero-order chi connectivity index (χ0) is 16.2. The summed E-state index contributed by atoms with van der Waals surface area (Å²) in [5.74, 6) is 0. The third-order valence-corrected chi connectivity index (χ3v) is 4.73. The Morgan fingerprint density at radius 2 is 1.83 bits per heavy atom. The second-order valence-corrected chi connectivity index (χ2v) is 6.49. The fourth-order valence-corrected chi connectivity index (χ4v) is 3.39. The maximum Gasteiger partial charge on any atom is 0.0348 e. The smallest absolute Gasteiger partial charge is 0.0348 e. The number of aromatic nitrogens is 2. The minimum Gasteiger partial charge on any atom is -0.382 e. The van der Waals surface area contributed by atoms with Gasteiger partial charge in [-0.3, -0.25) is 14.9 Å². The highest BCUT2D eigenvalue weighted by Crippen LogP contribution is 2.22. The molecule has 2 aromatic heterocycles. The van der Waals surface area contributed by atoms with Crippen molar-refractivity contribution in [2.45, 2.75) is 25.4 Å². The van der Waals surface area contributed by atoms with Crippen LogP contribution in [0.3, 0.4) is 0 Å². The Bertz CT molecular complexity index is 795. The third kappa shape index (κ3) is 3.54. The average molecular weight is 318 g/mol. The van der Waals surface area contributed by atoms with E-state index in [1.54, 1.807) is 0 Å². The van der Waals surface area contributed by atoms with Crippen LogP contribution < -0.4 is 5.32 Å². The second kappa shape index (κ2) is 6.97. The van der Waals surface area contributed by atoms with Gasteiger partial charge in [0.15, 0.2) is 0 Å². The maximum absolute atomic E-state index is 4.20. The molecule has 1 saturated heterocycles. The number of rotatable bonds is 4. The average Bonchev–Trinajstić information content (AvgIpc) is 2.64. The zero-order valence-corrected chi connectivity index (χ0v) is 13.7. The Morgan fingerprint density at radius 3 is 2.67 bits per heavy atom. The molecular formula is C20H22N4. The highest BCUT2D eigenvalue weighted by atomic mass is 15.1. The van der Waals surface area contributed by atoms with E-state index in [2.05, 4.69) is 50.5 Å². The van der Waals surface area contributed by atoms with Crippen molar-refractivity contribution < 1.29 is 0 Å². The number of pyridine rings is 2. The predicted molar refractivity (Wildman–Crippen MR) is 97.9 cm³/mol. The van der Waals surface area contributed by atoms with Crippen molar-refractivity contribution in [3.8, 4) is 0 Å².